The highest BCUT2D eigenvalue weighted by Gasteiger charge is 2.39. The SMILES string of the molecule is [C-]#[N+]C(COOC)C(CC1C(C)CC(C)CC1C)c1nc(-c2ccc(C(C)CC)cc2)n[nH]1. The molecule has 180 valence electrons. The number of nitrogens with one attached hydrogen (secondary N) is 1. The molecule has 6 nitrogen and oxygen atoms in total. The van der Waals surface area contributed by atoms with Gasteiger partial charge in [-0.1, -0.05) is 58.9 Å². The Morgan fingerprint density at radius 2 is 1.82 bits per heavy atom. The maximum absolute atomic E-state index is 7.85. The molecule has 6 heteroatoms. The zero-order valence-corrected chi connectivity index (χ0v) is 21.0. The number of rotatable bonds is 10. The van der Waals surface area contributed by atoms with Crippen LogP contribution in [-0.2, 0) is 9.78 Å². The van der Waals surface area contributed by atoms with Gasteiger partial charge in [0.25, 0.3) is 6.04 Å². The summed E-state index contributed by atoms with van der Waals surface area (Å²) in [6, 6.07) is 8.14. The molecule has 2 aromatic rings. The van der Waals surface area contributed by atoms with Crippen molar-refractivity contribution in [2.24, 2.45) is 23.7 Å². The summed E-state index contributed by atoms with van der Waals surface area (Å²) in [6.45, 7) is 19.6. The van der Waals surface area contributed by atoms with E-state index in [2.05, 4.69) is 73.9 Å². The molecule has 1 saturated carbocycles. The molecule has 0 aliphatic heterocycles. The Kier molecular flexibility index (Phi) is 9.05. The molecular formula is C27H40N4O2. The quantitative estimate of drug-likeness (QED) is 0.249. The highest BCUT2D eigenvalue weighted by atomic mass is 17.2. The summed E-state index contributed by atoms with van der Waals surface area (Å²) < 4.78 is 0. The number of H-pyrrole nitrogens is 1. The van der Waals surface area contributed by atoms with Crippen LogP contribution in [0.1, 0.15) is 83.5 Å². The maximum atomic E-state index is 7.85. The van der Waals surface area contributed by atoms with Crippen LogP contribution in [0.5, 0.6) is 0 Å². The molecule has 3 rings (SSSR count). The lowest BCUT2D eigenvalue weighted by Gasteiger charge is -2.39. The number of hydrogen-bond acceptors (Lipinski definition) is 4. The first-order valence-corrected chi connectivity index (χ1v) is 12.4. The lowest BCUT2D eigenvalue weighted by Crippen LogP contribution is -2.33. The number of hydrogen-bond donors (Lipinski definition) is 1. The van der Waals surface area contributed by atoms with Crippen molar-refractivity contribution in [2.45, 2.75) is 78.2 Å². The van der Waals surface area contributed by atoms with E-state index in [0.717, 1.165) is 30.1 Å². The molecule has 0 radical (unpaired) electrons. The third-order valence-electron chi connectivity index (χ3n) is 7.73. The summed E-state index contributed by atoms with van der Waals surface area (Å²) in [7, 11) is 1.48. The summed E-state index contributed by atoms with van der Waals surface area (Å²) in [6.07, 6.45) is 4.49. The van der Waals surface area contributed by atoms with Crippen molar-refractivity contribution < 1.29 is 9.78 Å². The van der Waals surface area contributed by atoms with Crippen molar-refractivity contribution in [2.75, 3.05) is 13.7 Å². The predicted octanol–water partition coefficient (Wildman–Crippen LogP) is 6.64. The van der Waals surface area contributed by atoms with E-state index in [4.69, 9.17) is 21.3 Å². The van der Waals surface area contributed by atoms with Crippen LogP contribution in [0, 0.1) is 30.2 Å². The van der Waals surface area contributed by atoms with Crippen molar-refractivity contribution in [3.8, 4) is 11.4 Å². The standard InChI is InChI=1S/C27H40N4O2/c1-8-18(3)21-9-11-22(12-10-21)26-29-27(31-30-26)24(25(28-6)16-33-32-7)15-23-19(4)13-17(2)14-20(23)5/h9-12,17-20,23-25H,8,13-16H2,1-5,7H3,(H,29,30,31). The Bertz CT molecular complexity index is 892. The second kappa shape index (κ2) is 11.8. The highest BCUT2D eigenvalue weighted by Crippen LogP contribution is 2.43. The van der Waals surface area contributed by atoms with Crippen LogP contribution in [0.15, 0.2) is 24.3 Å². The van der Waals surface area contributed by atoms with Crippen molar-refractivity contribution in [1.82, 2.24) is 15.2 Å². The van der Waals surface area contributed by atoms with Gasteiger partial charge in [-0.2, -0.15) is 5.10 Å². The van der Waals surface area contributed by atoms with Gasteiger partial charge in [0.2, 0.25) is 0 Å². The third-order valence-corrected chi connectivity index (χ3v) is 7.73. The molecule has 1 fully saturated rings. The average Bonchev–Trinajstić information content (AvgIpc) is 3.29. The zero-order chi connectivity index (χ0) is 24.0. The van der Waals surface area contributed by atoms with E-state index < -0.39 is 0 Å². The summed E-state index contributed by atoms with van der Waals surface area (Å²) >= 11 is 0. The van der Waals surface area contributed by atoms with Gasteiger partial charge >= 0.3 is 0 Å². The molecule has 1 aliphatic rings. The summed E-state index contributed by atoms with van der Waals surface area (Å²) in [5.74, 6) is 4.45. The fraction of sp³-hybridized carbons (Fsp3) is 0.667. The van der Waals surface area contributed by atoms with Gasteiger partial charge in [-0.05, 0) is 60.8 Å². The first-order valence-electron chi connectivity index (χ1n) is 12.4. The summed E-state index contributed by atoms with van der Waals surface area (Å²) in [5, 5.41) is 7.70. The molecule has 5 atom stereocenters. The fourth-order valence-corrected chi connectivity index (χ4v) is 5.63. The maximum Gasteiger partial charge on any atom is 0.259 e. The minimum absolute atomic E-state index is 0.0819. The van der Waals surface area contributed by atoms with E-state index in [1.807, 2.05) is 0 Å². The number of benzene rings is 1. The zero-order valence-electron chi connectivity index (χ0n) is 21.0. The summed E-state index contributed by atoms with van der Waals surface area (Å²) in [5.41, 5.74) is 2.32. The lowest BCUT2D eigenvalue weighted by molar-refractivity contribution is -0.274. The van der Waals surface area contributed by atoms with Crippen molar-refractivity contribution >= 4 is 0 Å². The number of aromatic amines is 1. The van der Waals surface area contributed by atoms with Gasteiger partial charge in [0.1, 0.15) is 5.82 Å². The molecule has 1 aromatic heterocycles. The van der Waals surface area contributed by atoms with Gasteiger partial charge in [-0.25, -0.2) is 21.3 Å². The van der Waals surface area contributed by atoms with E-state index in [9.17, 15) is 0 Å². The van der Waals surface area contributed by atoms with E-state index in [1.54, 1.807) is 0 Å². The molecule has 0 bridgehead atoms. The van der Waals surface area contributed by atoms with Crippen LogP contribution in [0.2, 0.25) is 0 Å². The minimum atomic E-state index is -0.378. The monoisotopic (exact) mass is 452 g/mol. The largest absolute Gasteiger partial charge is 0.310 e. The fourth-order valence-electron chi connectivity index (χ4n) is 5.63. The van der Waals surface area contributed by atoms with E-state index in [0.29, 0.717) is 29.5 Å². The minimum Gasteiger partial charge on any atom is -0.310 e. The van der Waals surface area contributed by atoms with Gasteiger partial charge in [-0.15, -0.1) is 0 Å². The van der Waals surface area contributed by atoms with E-state index in [1.165, 1.54) is 25.5 Å². The lowest BCUT2D eigenvalue weighted by atomic mass is 9.66. The number of nitrogens with zero attached hydrogens (tertiary/aromatic N) is 3. The van der Waals surface area contributed by atoms with Gasteiger partial charge in [0.15, 0.2) is 12.4 Å². The van der Waals surface area contributed by atoms with Gasteiger partial charge < -0.3 is 4.85 Å². The van der Waals surface area contributed by atoms with E-state index in [-0.39, 0.29) is 18.6 Å². The molecule has 0 saturated heterocycles. The number of aromatic nitrogens is 3. The van der Waals surface area contributed by atoms with Gasteiger partial charge in [0.05, 0.1) is 13.0 Å². The molecule has 5 unspecified atom stereocenters. The van der Waals surface area contributed by atoms with Crippen LogP contribution in [-0.4, -0.2) is 34.9 Å². The molecule has 1 aliphatic carbocycles. The summed E-state index contributed by atoms with van der Waals surface area (Å²) in [4.78, 5) is 18.8. The van der Waals surface area contributed by atoms with Crippen LogP contribution >= 0.6 is 0 Å². The van der Waals surface area contributed by atoms with Gasteiger partial charge in [0, 0.05) is 5.56 Å². The molecule has 1 heterocycles. The second-order valence-corrected chi connectivity index (χ2v) is 10.2. The Balaban J connectivity index is 1.86. The Morgan fingerprint density at radius 1 is 1.15 bits per heavy atom. The first kappa shape index (κ1) is 25.4. The van der Waals surface area contributed by atoms with Crippen molar-refractivity contribution in [1.29, 1.82) is 0 Å². The van der Waals surface area contributed by atoms with Crippen LogP contribution in [0.25, 0.3) is 16.2 Å². The highest BCUT2D eigenvalue weighted by molar-refractivity contribution is 5.55. The molecular weight excluding hydrogens is 412 g/mol. The van der Waals surface area contributed by atoms with Crippen molar-refractivity contribution in [3.63, 3.8) is 0 Å². The third kappa shape index (κ3) is 6.22. The van der Waals surface area contributed by atoms with Crippen molar-refractivity contribution in [3.05, 3.63) is 47.1 Å². The predicted molar refractivity (Wildman–Crippen MR) is 131 cm³/mol. The Morgan fingerprint density at radius 3 is 2.39 bits per heavy atom. The molecule has 1 aromatic carbocycles. The molecule has 33 heavy (non-hydrogen) atoms. The average molecular weight is 453 g/mol. The normalized spacial score (nSPS) is 25.8. The van der Waals surface area contributed by atoms with Crippen LogP contribution < -0.4 is 0 Å². The Labute approximate surface area is 199 Å². The topological polar surface area (TPSA) is 64.4 Å². The first-order chi connectivity index (χ1) is 15.9. The van der Waals surface area contributed by atoms with Crippen LogP contribution in [0.4, 0.5) is 0 Å². The van der Waals surface area contributed by atoms with Gasteiger partial charge in [-0.3, -0.25) is 5.10 Å². The van der Waals surface area contributed by atoms with E-state index >= 15 is 0 Å². The Hall–Kier alpha value is -2.23. The molecule has 0 amide bonds. The molecule has 0 spiro atoms. The van der Waals surface area contributed by atoms with Crippen LogP contribution in [0.3, 0.4) is 0 Å². The molecule has 1 N–H and O–H groups in total. The second-order valence-electron chi connectivity index (χ2n) is 10.2. The smallest absolute Gasteiger partial charge is 0.259 e.